The summed E-state index contributed by atoms with van der Waals surface area (Å²) in [5.74, 6) is 1.22. The number of hydrogen-bond donors (Lipinski definition) is 2. The molecule has 30 heavy (non-hydrogen) atoms. The number of piperidine rings is 1. The highest BCUT2D eigenvalue weighted by atomic mass is 35.5. The van der Waals surface area contributed by atoms with Gasteiger partial charge in [0, 0.05) is 24.5 Å². The van der Waals surface area contributed by atoms with Gasteiger partial charge in [-0.3, -0.25) is 0 Å². The number of anilines is 1. The number of aliphatic hydroxyl groups is 1. The Morgan fingerprint density at radius 2 is 2.07 bits per heavy atom. The van der Waals surface area contributed by atoms with Gasteiger partial charge in [-0.2, -0.15) is 0 Å². The third-order valence-corrected chi connectivity index (χ3v) is 7.21. The second-order valence-corrected chi connectivity index (χ2v) is 8.80. The maximum atomic E-state index is 9.99. The smallest absolute Gasteiger partial charge is 0.152 e. The average molecular weight is 453 g/mol. The van der Waals surface area contributed by atoms with Crippen LogP contribution in [0.3, 0.4) is 0 Å². The molecule has 1 aromatic heterocycles. The van der Waals surface area contributed by atoms with Gasteiger partial charge in [0.15, 0.2) is 5.82 Å². The van der Waals surface area contributed by atoms with Gasteiger partial charge in [-0.15, -0.1) is 0 Å². The Hall–Kier alpha value is -1.64. The molecule has 0 bridgehead atoms. The molecule has 9 heteroatoms. The summed E-state index contributed by atoms with van der Waals surface area (Å²) in [6.07, 6.45) is 3.56. The number of aliphatic hydroxyl groups excluding tert-OH is 1. The van der Waals surface area contributed by atoms with E-state index in [-0.39, 0.29) is 24.2 Å². The topological polar surface area (TPSA) is 93.7 Å². The molecule has 162 valence electrons. The minimum absolute atomic E-state index is 0.0182. The van der Waals surface area contributed by atoms with Crippen molar-refractivity contribution in [2.75, 3.05) is 31.7 Å². The second kappa shape index (κ2) is 8.48. The number of ether oxygens (including phenoxy) is 2. The largest absolute Gasteiger partial charge is 0.496 e. The maximum absolute atomic E-state index is 9.99. The minimum atomic E-state index is -0.238. The number of nitrogens with zero attached hydrogens (tertiary/aromatic N) is 3. The van der Waals surface area contributed by atoms with E-state index in [9.17, 15) is 5.11 Å². The third-order valence-electron chi connectivity index (χ3n) is 6.41. The van der Waals surface area contributed by atoms with Crippen molar-refractivity contribution in [1.29, 1.82) is 0 Å². The SMILES string of the molecule is COc1ccc(Cl)c(Cl)c1-c1cnc(N2CCC3(CC2)CO[C@@H](C)[C@H]3N)c(CO)n1. The van der Waals surface area contributed by atoms with E-state index in [1.54, 1.807) is 25.4 Å². The van der Waals surface area contributed by atoms with Gasteiger partial charge >= 0.3 is 0 Å². The van der Waals surface area contributed by atoms with Gasteiger partial charge in [-0.05, 0) is 31.9 Å². The van der Waals surface area contributed by atoms with E-state index in [1.165, 1.54) is 0 Å². The number of hydrogen-bond acceptors (Lipinski definition) is 7. The lowest BCUT2D eigenvalue weighted by Crippen LogP contribution is -2.51. The van der Waals surface area contributed by atoms with Crippen LogP contribution in [-0.4, -0.2) is 54.0 Å². The van der Waals surface area contributed by atoms with Crippen molar-refractivity contribution in [1.82, 2.24) is 9.97 Å². The Morgan fingerprint density at radius 3 is 2.67 bits per heavy atom. The number of halogens is 2. The molecule has 1 spiro atoms. The van der Waals surface area contributed by atoms with Crippen LogP contribution in [0.1, 0.15) is 25.5 Å². The Labute approximate surface area is 186 Å². The van der Waals surface area contributed by atoms with Crippen molar-refractivity contribution in [3.8, 4) is 17.0 Å². The van der Waals surface area contributed by atoms with Crippen LogP contribution in [-0.2, 0) is 11.3 Å². The highest BCUT2D eigenvalue weighted by Crippen LogP contribution is 2.43. The molecule has 0 amide bonds. The van der Waals surface area contributed by atoms with Gasteiger partial charge in [-0.25, -0.2) is 9.97 Å². The molecular formula is C21H26Cl2N4O3. The molecule has 4 rings (SSSR count). The molecule has 3 heterocycles. The lowest BCUT2D eigenvalue weighted by Gasteiger charge is -2.41. The third kappa shape index (κ3) is 3.63. The van der Waals surface area contributed by atoms with E-state index in [1.807, 2.05) is 6.92 Å². The molecule has 2 fully saturated rings. The van der Waals surface area contributed by atoms with E-state index < -0.39 is 0 Å². The normalized spacial score (nSPS) is 23.2. The van der Waals surface area contributed by atoms with Crippen LogP contribution < -0.4 is 15.4 Å². The summed E-state index contributed by atoms with van der Waals surface area (Å²) < 4.78 is 11.2. The summed E-state index contributed by atoms with van der Waals surface area (Å²) in [5, 5.41) is 10.7. The predicted molar refractivity (Wildman–Crippen MR) is 117 cm³/mol. The average Bonchev–Trinajstić information content (AvgIpc) is 3.04. The van der Waals surface area contributed by atoms with Crippen molar-refractivity contribution < 1.29 is 14.6 Å². The molecule has 2 aliphatic rings. The Kier molecular flexibility index (Phi) is 6.10. The molecule has 2 saturated heterocycles. The van der Waals surface area contributed by atoms with Crippen LogP contribution in [0.2, 0.25) is 10.0 Å². The fourth-order valence-electron chi connectivity index (χ4n) is 4.49. The van der Waals surface area contributed by atoms with E-state index in [2.05, 4.69) is 14.9 Å². The van der Waals surface area contributed by atoms with Crippen LogP contribution in [0.5, 0.6) is 5.75 Å². The van der Waals surface area contributed by atoms with E-state index in [4.69, 9.17) is 38.4 Å². The summed E-state index contributed by atoms with van der Waals surface area (Å²) in [4.78, 5) is 11.4. The number of benzene rings is 1. The van der Waals surface area contributed by atoms with Gasteiger partial charge in [0.2, 0.25) is 0 Å². The summed E-state index contributed by atoms with van der Waals surface area (Å²) in [7, 11) is 1.56. The number of aromatic nitrogens is 2. The van der Waals surface area contributed by atoms with Crippen LogP contribution in [0.4, 0.5) is 5.82 Å². The standard InChI is InChI=1S/C21H26Cl2N4O3/c1-12-19(24)21(11-30-12)5-7-27(8-6-21)20-15(10-28)26-14(9-25-20)17-16(29-2)4-3-13(22)18(17)23/h3-4,9,12,19,28H,5-8,10-11,24H2,1-2H3/t12-,19+/m0/s1. The highest BCUT2D eigenvalue weighted by molar-refractivity contribution is 6.44. The molecule has 3 N–H and O–H groups in total. The summed E-state index contributed by atoms with van der Waals surface area (Å²) >= 11 is 12.6. The Morgan fingerprint density at radius 1 is 1.33 bits per heavy atom. The molecule has 2 aromatic rings. The molecule has 0 unspecified atom stereocenters. The van der Waals surface area contributed by atoms with Crippen LogP contribution in [0, 0.1) is 5.41 Å². The highest BCUT2D eigenvalue weighted by Gasteiger charge is 2.47. The second-order valence-electron chi connectivity index (χ2n) is 8.01. The van der Waals surface area contributed by atoms with Crippen LogP contribution in [0.25, 0.3) is 11.3 Å². The predicted octanol–water partition coefficient (Wildman–Crippen LogP) is 3.28. The molecule has 0 radical (unpaired) electrons. The Bertz CT molecular complexity index is 935. The zero-order chi connectivity index (χ0) is 21.5. The lowest BCUT2D eigenvalue weighted by molar-refractivity contribution is 0.0973. The molecular weight excluding hydrogens is 427 g/mol. The first-order valence-electron chi connectivity index (χ1n) is 10.0. The minimum Gasteiger partial charge on any atom is -0.496 e. The molecule has 0 saturated carbocycles. The lowest BCUT2D eigenvalue weighted by atomic mass is 9.73. The molecule has 1 aromatic carbocycles. The molecule has 2 atom stereocenters. The van der Waals surface area contributed by atoms with E-state index >= 15 is 0 Å². The van der Waals surface area contributed by atoms with Gasteiger partial charge in [0.25, 0.3) is 0 Å². The summed E-state index contributed by atoms with van der Waals surface area (Å²) in [5.41, 5.74) is 7.98. The number of methoxy groups -OCH3 is 1. The van der Waals surface area contributed by atoms with Crippen molar-refractivity contribution in [3.05, 3.63) is 34.1 Å². The van der Waals surface area contributed by atoms with E-state index in [0.717, 1.165) is 25.9 Å². The zero-order valence-electron chi connectivity index (χ0n) is 17.1. The quantitative estimate of drug-likeness (QED) is 0.734. The molecule has 2 aliphatic heterocycles. The fourth-order valence-corrected chi connectivity index (χ4v) is 4.90. The Balaban J connectivity index is 1.61. The number of nitrogens with two attached hydrogens (primary N) is 1. The van der Waals surface area contributed by atoms with Gasteiger partial charge in [0.05, 0.1) is 53.9 Å². The zero-order valence-corrected chi connectivity index (χ0v) is 18.6. The summed E-state index contributed by atoms with van der Waals surface area (Å²) in [6, 6.07) is 3.45. The summed E-state index contributed by atoms with van der Waals surface area (Å²) in [6.45, 7) is 4.07. The van der Waals surface area contributed by atoms with Crippen molar-refractivity contribution >= 4 is 29.0 Å². The first-order valence-corrected chi connectivity index (χ1v) is 10.8. The van der Waals surface area contributed by atoms with Gasteiger partial charge < -0.3 is 25.2 Å². The van der Waals surface area contributed by atoms with Crippen molar-refractivity contribution in [2.24, 2.45) is 11.1 Å². The first kappa shape index (κ1) is 21.6. The first-order chi connectivity index (χ1) is 14.4. The monoisotopic (exact) mass is 452 g/mol. The van der Waals surface area contributed by atoms with Gasteiger partial charge in [-0.1, -0.05) is 23.2 Å². The van der Waals surface area contributed by atoms with Crippen LogP contribution >= 0.6 is 23.2 Å². The van der Waals surface area contributed by atoms with E-state index in [0.29, 0.717) is 45.2 Å². The van der Waals surface area contributed by atoms with Gasteiger partial charge in [0.1, 0.15) is 11.4 Å². The van der Waals surface area contributed by atoms with Crippen molar-refractivity contribution in [2.45, 2.75) is 38.5 Å². The molecule has 7 nitrogen and oxygen atoms in total. The van der Waals surface area contributed by atoms with Crippen molar-refractivity contribution in [3.63, 3.8) is 0 Å². The maximum Gasteiger partial charge on any atom is 0.152 e. The number of rotatable bonds is 4. The fraction of sp³-hybridized carbons (Fsp3) is 0.524. The molecule has 0 aliphatic carbocycles. The van der Waals surface area contributed by atoms with Crippen LogP contribution in [0.15, 0.2) is 18.3 Å².